The molecule has 0 radical (unpaired) electrons. The topological polar surface area (TPSA) is 46.5 Å². The Bertz CT molecular complexity index is 240. The normalized spacial score (nSPS) is 11.8. The van der Waals surface area contributed by atoms with Gasteiger partial charge in [-0.05, 0) is 5.56 Å². The molecule has 0 aliphatic rings. The summed E-state index contributed by atoms with van der Waals surface area (Å²) in [6, 6.07) is 9.27. The van der Waals surface area contributed by atoms with E-state index in [9.17, 15) is 4.57 Å². The average Bonchev–Trinajstić information content (AvgIpc) is 2.03. The van der Waals surface area contributed by atoms with Crippen molar-refractivity contribution in [3.8, 4) is 0 Å². The van der Waals surface area contributed by atoms with Crippen LogP contribution in [0.3, 0.4) is 0 Å². The van der Waals surface area contributed by atoms with Crippen LogP contribution in [-0.2, 0) is 15.7 Å². The Hall–Kier alpha value is 0.370. The second-order valence-corrected chi connectivity index (χ2v) is 2.86. The monoisotopic (exact) mass is 196 g/mol. The molecule has 1 atom stereocenters. The van der Waals surface area contributed by atoms with Crippen molar-refractivity contribution in [2.45, 2.75) is 6.61 Å². The summed E-state index contributed by atoms with van der Waals surface area (Å²) >= 11 is 0. The van der Waals surface area contributed by atoms with Gasteiger partial charge in [0.2, 0.25) is 0 Å². The van der Waals surface area contributed by atoms with E-state index >= 15 is 0 Å². The maximum absolute atomic E-state index is 10.1. The van der Waals surface area contributed by atoms with Gasteiger partial charge in [0.15, 0.2) is 0 Å². The summed E-state index contributed by atoms with van der Waals surface area (Å²) in [6.07, 6.45) is 0. The molecule has 0 amide bonds. The average molecular weight is 196 g/mol. The molecule has 62 valence electrons. The van der Waals surface area contributed by atoms with Crippen molar-refractivity contribution in [3.05, 3.63) is 35.9 Å². The quantitative estimate of drug-likeness (QED) is 0.578. The summed E-state index contributed by atoms with van der Waals surface area (Å²) in [4.78, 5) is 8.34. The number of hydrogen-bond donors (Lipinski definition) is 1. The third-order valence-electron chi connectivity index (χ3n) is 1.21. The van der Waals surface area contributed by atoms with Crippen molar-refractivity contribution < 1.29 is 14.0 Å². The van der Waals surface area contributed by atoms with Crippen molar-refractivity contribution in [2.24, 2.45) is 0 Å². The van der Waals surface area contributed by atoms with E-state index in [4.69, 9.17) is 4.89 Å². The first-order valence-electron chi connectivity index (χ1n) is 3.18. The molecule has 1 aromatic carbocycles. The maximum atomic E-state index is 10.1. The Kier molecular flexibility index (Phi) is 7.05. The first kappa shape index (κ1) is 12.4. The SMILES string of the molecule is O=[PH](O)OCc1ccccc1.[NaH]. The van der Waals surface area contributed by atoms with Crippen LogP contribution in [0.15, 0.2) is 30.3 Å². The van der Waals surface area contributed by atoms with Crippen molar-refractivity contribution in [3.63, 3.8) is 0 Å². The summed E-state index contributed by atoms with van der Waals surface area (Å²) in [5.41, 5.74) is 0.903. The van der Waals surface area contributed by atoms with Crippen LogP contribution in [0.2, 0.25) is 0 Å². The van der Waals surface area contributed by atoms with Gasteiger partial charge in [-0.3, -0.25) is 4.57 Å². The summed E-state index contributed by atoms with van der Waals surface area (Å²) in [7, 11) is -2.78. The zero-order valence-electron chi connectivity index (χ0n) is 5.86. The number of rotatable bonds is 3. The Morgan fingerprint density at radius 1 is 1.33 bits per heavy atom. The summed E-state index contributed by atoms with van der Waals surface area (Å²) in [6.45, 7) is 0.204. The van der Waals surface area contributed by atoms with E-state index in [1.54, 1.807) is 0 Å². The van der Waals surface area contributed by atoms with E-state index in [0.29, 0.717) is 0 Å². The Labute approximate surface area is 94.0 Å². The Morgan fingerprint density at radius 2 is 1.92 bits per heavy atom. The molecule has 1 unspecified atom stereocenters. The summed E-state index contributed by atoms with van der Waals surface area (Å²) in [5.74, 6) is 0. The van der Waals surface area contributed by atoms with E-state index in [-0.39, 0.29) is 36.2 Å². The van der Waals surface area contributed by atoms with Gasteiger partial charge in [0.05, 0.1) is 6.61 Å². The van der Waals surface area contributed by atoms with Crippen molar-refractivity contribution in [1.82, 2.24) is 0 Å². The zero-order valence-corrected chi connectivity index (χ0v) is 6.86. The van der Waals surface area contributed by atoms with Crippen LogP contribution in [0.1, 0.15) is 5.56 Å². The second-order valence-electron chi connectivity index (χ2n) is 2.04. The van der Waals surface area contributed by atoms with E-state index in [0.717, 1.165) is 5.56 Å². The summed E-state index contributed by atoms with van der Waals surface area (Å²) < 4.78 is 14.7. The zero-order chi connectivity index (χ0) is 8.10. The van der Waals surface area contributed by atoms with Crippen LogP contribution >= 0.6 is 8.25 Å². The van der Waals surface area contributed by atoms with Gasteiger partial charge in [0.1, 0.15) is 0 Å². The molecule has 1 N–H and O–H groups in total. The van der Waals surface area contributed by atoms with Gasteiger partial charge in [-0.2, -0.15) is 0 Å². The molecule has 1 aromatic rings. The van der Waals surface area contributed by atoms with Crippen molar-refractivity contribution in [1.29, 1.82) is 0 Å². The second kappa shape index (κ2) is 6.84. The standard InChI is InChI=1S/C7H9O3P.Na.H/c8-11(9)10-6-7-4-2-1-3-5-7;;/h1-5,11H,6H2,(H,8,9);;. The van der Waals surface area contributed by atoms with Crippen molar-refractivity contribution in [2.75, 3.05) is 0 Å². The molecular formula is C7H10NaO3P. The predicted molar refractivity (Wildman–Crippen MR) is 49.6 cm³/mol. The first-order valence-corrected chi connectivity index (χ1v) is 4.45. The molecule has 0 aliphatic carbocycles. The first-order chi connectivity index (χ1) is 5.29. The minimum absolute atomic E-state index is 0. The number of hydrogen-bond acceptors (Lipinski definition) is 2. The molecule has 0 fully saturated rings. The van der Waals surface area contributed by atoms with Gasteiger partial charge in [0, 0.05) is 0 Å². The fourth-order valence-electron chi connectivity index (χ4n) is 0.719. The molecule has 0 saturated heterocycles. The fraction of sp³-hybridized carbons (Fsp3) is 0.143. The van der Waals surface area contributed by atoms with E-state index < -0.39 is 8.25 Å². The molecule has 12 heavy (non-hydrogen) atoms. The number of benzene rings is 1. The molecule has 1 rings (SSSR count). The van der Waals surface area contributed by atoms with E-state index in [1.807, 2.05) is 30.3 Å². The molecule has 0 saturated carbocycles. The molecule has 0 bridgehead atoms. The molecule has 3 nitrogen and oxygen atoms in total. The van der Waals surface area contributed by atoms with Crippen LogP contribution in [0.4, 0.5) is 0 Å². The fourth-order valence-corrected chi connectivity index (χ4v) is 1.01. The predicted octanol–water partition coefficient (Wildman–Crippen LogP) is 0.937. The molecule has 0 heterocycles. The van der Waals surface area contributed by atoms with Gasteiger partial charge in [-0.1, -0.05) is 30.3 Å². The van der Waals surface area contributed by atoms with Crippen molar-refractivity contribution >= 4 is 37.8 Å². The van der Waals surface area contributed by atoms with E-state index in [1.165, 1.54) is 0 Å². The van der Waals surface area contributed by atoms with Crippen LogP contribution in [0, 0.1) is 0 Å². The minimum atomic E-state index is -2.78. The molecule has 5 heteroatoms. The third kappa shape index (κ3) is 5.09. The van der Waals surface area contributed by atoms with E-state index in [2.05, 4.69) is 4.52 Å². The molecule has 0 spiro atoms. The molecule has 0 aromatic heterocycles. The van der Waals surface area contributed by atoms with Gasteiger partial charge < -0.3 is 9.42 Å². The third-order valence-corrected chi connectivity index (χ3v) is 1.60. The van der Waals surface area contributed by atoms with Crippen LogP contribution < -0.4 is 0 Å². The molecule has 0 aliphatic heterocycles. The Balaban J connectivity index is 0.00000121. The van der Waals surface area contributed by atoms with Crippen LogP contribution in [0.25, 0.3) is 0 Å². The van der Waals surface area contributed by atoms with Crippen LogP contribution in [-0.4, -0.2) is 34.5 Å². The Morgan fingerprint density at radius 3 is 2.42 bits per heavy atom. The van der Waals surface area contributed by atoms with Gasteiger partial charge in [-0.25, -0.2) is 0 Å². The van der Waals surface area contributed by atoms with Gasteiger partial charge in [0.25, 0.3) is 0 Å². The van der Waals surface area contributed by atoms with Gasteiger partial charge in [-0.15, -0.1) is 0 Å². The molecular weight excluding hydrogens is 186 g/mol. The summed E-state index contributed by atoms with van der Waals surface area (Å²) in [5, 5.41) is 0. The van der Waals surface area contributed by atoms with Crippen LogP contribution in [0.5, 0.6) is 0 Å². The van der Waals surface area contributed by atoms with Gasteiger partial charge >= 0.3 is 37.8 Å².